The average molecular weight is 821 g/mol. The van der Waals surface area contributed by atoms with Crippen LogP contribution in [0.1, 0.15) is 83.3 Å². The lowest BCUT2D eigenvalue weighted by atomic mass is 10.0. The number of aliphatic imine (C=N–C) groups is 1. The molecule has 0 unspecified atom stereocenters. The van der Waals surface area contributed by atoms with Crippen LogP contribution in [0.2, 0.25) is 0 Å². The van der Waals surface area contributed by atoms with Crippen molar-refractivity contribution in [1.29, 1.82) is 0 Å². The molecular formula is C42H64N10O7. The molecule has 0 aromatic heterocycles. The highest BCUT2D eigenvalue weighted by molar-refractivity contribution is 5.94. The highest BCUT2D eigenvalue weighted by Gasteiger charge is 2.38. The third-order valence-corrected chi connectivity index (χ3v) is 10.1. The van der Waals surface area contributed by atoms with E-state index in [9.17, 15) is 33.9 Å². The third kappa shape index (κ3) is 16.7. The quantitative estimate of drug-likeness (QED) is 0.0290. The van der Waals surface area contributed by atoms with Crippen LogP contribution in [-0.4, -0.2) is 107 Å². The summed E-state index contributed by atoms with van der Waals surface area (Å²) in [7, 11) is 0. The van der Waals surface area contributed by atoms with Crippen molar-refractivity contribution in [2.75, 3.05) is 19.8 Å². The fourth-order valence-corrected chi connectivity index (χ4v) is 6.89. The van der Waals surface area contributed by atoms with Gasteiger partial charge in [-0.2, -0.15) is 0 Å². The Morgan fingerprint density at radius 2 is 1.41 bits per heavy atom. The van der Waals surface area contributed by atoms with Crippen molar-refractivity contribution in [2.45, 2.75) is 121 Å². The maximum Gasteiger partial charge on any atom is 0.326 e. The molecule has 2 aromatic rings. The highest BCUT2D eigenvalue weighted by atomic mass is 16.4. The van der Waals surface area contributed by atoms with Gasteiger partial charge in [0.1, 0.15) is 24.2 Å². The Morgan fingerprint density at radius 1 is 0.797 bits per heavy atom. The average Bonchev–Trinajstić information content (AvgIpc) is 3.70. The molecule has 324 valence electrons. The summed E-state index contributed by atoms with van der Waals surface area (Å²) in [5.74, 6) is -3.76. The zero-order chi connectivity index (χ0) is 43.3. The minimum Gasteiger partial charge on any atom is -0.480 e. The molecule has 2 aromatic carbocycles. The summed E-state index contributed by atoms with van der Waals surface area (Å²) in [6.07, 6.45) is 4.14. The summed E-state index contributed by atoms with van der Waals surface area (Å²) < 4.78 is 0. The van der Waals surface area contributed by atoms with Gasteiger partial charge in [-0.05, 0) is 55.6 Å². The molecule has 3 rings (SSSR count). The molecule has 1 fully saturated rings. The van der Waals surface area contributed by atoms with Crippen LogP contribution in [0.25, 0.3) is 0 Å². The van der Waals surface area contributed by atoms with Gasteiger partial charge in [-0.3, -0.25) is 34.3 Å². The van der Waals surface area contributed by atoms with Crippen LogP contribution < -0.4 is 43.8 Å². The van der Waals surface area contributed by atoms with E-state index in [1.165, 1.54) is 4.90 Å². The number of carboxylic acids is 1. The van der Waals surface area contributed by atoms with Crippen molar-refractivity contribution in [3.8, 4) is 0 Å². The molecule has 5 amide bonds. The van der Waals surface area contributed by atoms with E-state index < -0.39 is 71.8 Å². The van der Waals surface area contributed by atoms with E-state index in [-0.39, 0.29) is 57.3 Å². The molecule has 12 N–H and O–H groups in total. The zero-order valence-electron chi connectivity index (χ0n) is 34.5. The molecule has 59 heavy (non-hydrogen) atoms. The summed E-state index contributed by atoms with van der Waals surface area (Å²) in [5.41, 5.74) is 18.7. The maximum absolute atomic E-state index is 14.1. The molecule has 17 nitrogen and oxygen atoms in total. The highest BCUT2D eigenvalue weighted by Crippen LogP contribution is 2.20. The van der Waals surface area contributed by atoms with Crippen LogP contribution in [0.4, 0.5) is 0 Å². The molecule has 1 saturated heterocycles. The van der Waals surface area contributed by atoms with Gasteiger partial charge in [0.2, 0.25) is 29.5 Å². The summed E-state index contributed by atoms with van der Waals surface area (Å²) in [5, 5.41) is 24.0. The number of benzene rings is 2. The van der Waals surface area contributed by atoms with Crippen molar-refractivity contribution in [3.63, 3.8) is 0 Å². The smallest absolute Gasteiger partial charge is 0.326 e. The van der Waals surface area contributed by atoms with E-state index >= 15 is 0 Å². The van der Waals surface area contributed by atoms with Gasteiger partial charge < -0.3 is 48.5 Å². The van der Waals surface area contributed by atoms with E-state index in [0.29, 0.717) is 25.7 Å². The lowest BCUT2D eigenvalue weighted by Crippen LogP contribution is -2.58. The van der Waals surface area contributed by atoms with Crippen LogP contribution in [-0.2, 0) is 41.6 Å². The first-order valence-electron chi connectivity index (χ1n) is 20.5. The van der Waals surface area contributed by atoms with E-state index in [1.807, 2.05) is 57.2 Å². The number of carbonyl (C=O) groups excluding carboxylic acids is 5. The number of unbranched alkanes of at least 4 members (excludes halogenated alkanes) is 1. The molecule has 1 heterocycles. The number of hydrogen-bond acceptors (Lipinski definition) is 9. The Hall–Kier alpha value is -5.55. The number of carbonyl (C=O) groups is 6. The Bertz CT molecular complexity index is 1690. The van der Waals surface area contributed by atoms with Crippen LogP contribution in [0.3, 0.4) is 0 Å². The molecule has 6 atom stereocenters. The second kappa shape index (κ2) is 25.0. The minimum atomic E-state index is -1.20. The molecule has 17 heteroatoms. The number of carboxylic acid groups (broad SMARTS) is 1. The summed E-state index contributed by atoms with van der Waals surface area (Å²) in [6.45, 7) is 6.16. The van der Waals surface area contributed by atoms with E-state index in [2.05, 4.69) is 31.6 Å². The number of nitrogens with two attached hydrogens (primary N) is 3. The van der Waals surface area contributed by atoms with Crippen molar-refractivity contribution < 1.29 is 33.9 Å². The number of aliphatic carboxylic acids is 1. The van der Waals surface area contributed by atoms with E-state index in [0.717, 1.165) is 24.0 Å². The number of guanidine groups is 1. The number of hydrogen-bond donors (Lipinski definition) is 9. The second-order valence-electron chi connectivity index (χ2n) is 15.4. The fourth-order valence-electron chi connectivity index (χ4n) is 6.89. The lowest BCUT2D eigenvalue weighted by molar-refractivity contribution is -0.144. The predicted octanol–water partition coefficient (Wildman–Crippen LogP) is 0.651. The van der Waals surface area contributed by atoms with Gasteiger partial charge in [-0.15, -0.1) is 0 Å². The molecule has 0 bridgehead atoms. The largest absolute Gasteiger partial charge is 0.480 e. The molecule has 0 radical (unpaired) electrons. The standard InChI is InChI=1S/C42H64N10O7/c1-4-5-18-30(43)36(53)49-33(24-28-14-8-6-9-15-28)38(55)50-32(23-27(2)3)37(54)48-26-47-31(19-12-21-46-42(44)45)40(57)52-22-13-20-35(52)39(56)51-34(41(58)59)25-29-16-10-7-11-17-29/h6-11,14-17,27,30-35,47H,4-5,12-13,18-26,43H2,1-3H3,(H,48,54)(H,49,53)(H,50,55)(H,51,56)(H,58,59)(H4,44,45,46)/t30-,31-,32-,33-,34-,35-/m0/s1. The molecule has 1 aliphatic heterocycles. The number of nitrogens with zero attached hydrogens (tertiary/aromatic N) is 2. The van der Waals surface area contributed by atoms with Gasteiger partial charge in [-0.1, -0.05) is 94.3 Å². The first kappa shape index (κ1) is 47.8. The molecule has 0 saturated carbocycles. The van der Waals surface area contributed by atoms with Gasteiger partial charge in [0, 0.05) is 25.9 Å². The van der Waals surface area contributed by atoms with Gasteiger partial charge in [0.25, 0.3) is 0 Å². The zero-order valence-corrected chi connectivity index (χ0v) is 34.5. The Morgan fingerprint density at radius 3 is 1.98 bits per heavy atom. The van der Waals surface area contributed by atoms with Crippen LogP contribution in [0.15, 0.2) is 65.7 Å². The van der Waals surface area contributed by atoms with Crippen LogP contribution >= 0.6 is 0 Å². The second-order valence-corrected chi connectivity index (χ2v) is 15.4. The first-order chi connectivity index (χ1) is 28.2. The van der Waals surface area contributed by atoms with Crippen molar-refractivity contribution in [2.24, 2.45) is 28.1 Å². The number of rotatable bonds is 25. The SMILES string of the molecule is CCCC[C@H](N)C(=O)N[C@@H](Cc1ccccc1)C(=O)N[C@@H](CC(C)C)C(=O)NCN[C@@H](CCCN=C(N)N)C(=O)N1CCC[C@H]1C(=O)N[C@@H](Cc1ccccc1)C(=O)O. The van der Waals surface area contributed by atoms with Gasteiger partial charge >= 0.3 is 5.97 Å². The third-order valence-electron chi connectivity index (χ3n) is 10.1. The Labute approximate surface area is 347 Å². The van der Waals surface area contributed by atoms with E-state index in [1.54, 1.807) is 24.3 Å². The van der Waals surface area contributed by atoms with Crippen molar-refractivity contribution in [3.05, 3.63) is 71.8 Å². The minimum absolute atomic E-state index is 0.000154. The normalized spacial score (nSPS) is 16.2. The Kier molecular flexibility index (Phi) is 20.3. The van der Waals surface area contributed by atoms with Crippen molar-refractivity contribution in [1.82, 2.24) is 31.5 Å². The maximum atomic E-state index is 14.1. The monoisotopic (exact) mass is 820 g/mol. The van der Waals surface area contributed by atoms with Gasteiger partial charge in [-0.25, -0.2) is 4.79 Å². The van der Waals surface area contributed by atoms with Crippen LogP contribution in [0, 0.1) is 5.92 Å². The number of nitrogens with one attached hydrogen (secondary N) is 5. The van der Waals surface area contributed by atoms with Gasteiger partial charge in [0.05, 0.1) is 18.8 Å². The predicted molar refractivity (Wildman–Crippen MR) is 225 cm³/mol. The van der Waals surface area contributed by atoms with E-state index in [4.69, 9.17) is 17.2 Å². The Balaban J connectivity index is 1.72. The molecule has 1 aliphatic rings. The first-order valence-corrected chi connectivity index (χ1v) is 20.5. The van der Waals surface area contributed by atoms with Crippen LogP contribution in [0.5, 0.6) is 0 Å². The number of amides is 5. The summed E-state index contributed by atoms with van der Waals surface area (Å²) in [6, 6.07) is 12.4. The molecule has 0 spiro atoms. The number of likely N-dealkylation sites (tertiary alicyclic amines) is 1. The molecule has 0 aliphatic carbocycles. The topological polar surface area (TPSA) is 276 Å². The fraction of sp³-hybridized carbons (Fsp3) is 0.548. The lowest BCUT2D eigenvalue weighted by Gasteiger charge is -2.30. The summed E-state index contributed by atoms with van der Waals surface area (Å²) in [4.78, 5) is 85.7. The van der Waals surface area contributed by atoms with Gasteiger partial charge in [0.15, 0.2) is 5.96 Å². The summed E-state index contributed by atoms with van der Waals surface area (Å²) >= 11 is 0. The van der Waals surface area contributed by atoms with Crippen molar-refractivity contribution >= 4 is 41.5 Å². The molecular weight excluding hydrogens is 757 g/mol.